The zero-order valence-corrected chi connectivity index (χ0v) is 16.7. The first kappa shape index (κ1) is 18.9. The highest BCUT2D eigenvalue weighted by Gasteiger charge is 2.23. The van der Waals surface area contributed by atoms with Gasteiger partial charge in [-0.15, -0.1) is 0 Å². The van der Waals surface area contributed by atoms with E-state index in [1.54, 1.807) is 12.4 Å². The van der Waals surface area contributed by atoms with Crippen molar-refractivity contribution in [2.24, 2.45) is 0 Å². The molecule has 5 heteroatoms. The molecule has 1 unspecified atom stereocenters. The Bertz CT molecular complexity index is 1130. The maximum atomic E-state index is 12.9. The molecule has 3 aromatic heterocycles. The Kier molecular flexibility index (Phi) is 5.38. The second-order valence-electron chi connectivity index (χ2n) is 7.31. The Morgan fingerprint density at radius 2 is 1.79 bits per heavy atom. The predicted octanol–water partition coefficient (Wildman–Crippen LogP) is 4.18. The quantitative estimate of drug-likeness (QED) is 0.542. The van der Waals surface area contributed by atoms with Gasteiger partial charge >= 0.3 is 0 Å². The summed E-state index contributed by atoms with van der Waals surface area (Å²) in [5.74, 6) is -0.0666. The van der Waals surface area contributed by atoms with Gasteiger partial charge in [0.25, 0.3) is 0 Å². The van der Waals surface area contributed by atoms with Gasteiger partial charge in [0, 0.05) is 43.7 Å². The average Bonchev–Trinajstić information content (AvgIpc) is 3.17. The fourth-order valence-electron chi connectivity index (χ4n) is 3.74. The lowest BCUT2D eigenvalue weighted by atomic mass is 9.89. The monoisotopic (exact) mass is 384 g/mol. The van der Waals surface area contributed by atoms with Gasteiger partial charge in [0.15, 0.2) is 0 Å². The van der Waals surface area contributed by atoms with Crippen LogP contribution in [0.2, 0.25) is 0 Å². The van der Waals surface area contributed by atoms with E-state index in [4.69, 9.17) is 0 Å². The van der Waals surface area contributed by atoms with Gasteiger partial charge in [-0.25, -0.2) is 4.98 Å². The molecule has 1 atom stereocenters. The Morgan fingerprint density at radius 1 is 1.03 bits per heavy atom. The zero-order chi connectivity index (χ0) is 20.2. The molecule has 1 aromatic carbocycles. The van der Waals surface area contributed by atoms with E-state index in [9.17, 15) is 4.79 Å². The molecule has 1 amide bonds. The number of carbonyl (C=O) groups is 1. The number of nitrogens with zero attached hydrogens (tertiary/aromatic N) is 3. The first-order valence-electron chi connectivity index (χ1n) is 9.77. The number of benzene rings is 1. The lowest BCUT2D eigenvalue weighted by molar-refractivity contribution is -0.121. The number of pyridine rings is 2. The molecule has 0 aliphatic heterocycles. The van der Waals surface area contributed by atoms with Crippen molar-refractivity contribution < 1.29 is 4.79 Å². The molecule has 1 N–H and O–H groups in total. The van der Waals surface area contributed by atoms with Crippen LogP contribution in [0, 0.1) is 13.8 Å². The molecule has 146 valence electrons. The first-order valence-corrected chi connectivity index (χ1v) is 9.77. The fourth-order valence-corrected chi connectivity index (χ4v) is 3.74. The van der Waals surface area contributed by atoms with E-state index < -0.39 is 0 Å². The summed E-state index contributed by atoms with van der Waals surface area (Å²) in [4.78, 5) is 21.5. The minimum Gasteiger partial charge on any atom is -0.352 e. The smallest absolute Gasteiger partial charge is 0.221 e. The number of aryl methyl sites for hydroxylation is 2. The summed E-state index contributed by atoms with van der Waals surface area (Å²) in [6.45, 7) is 4.64. The number of rotatable bonds is 6. The summed E-state index contributed by atoms with van der Waals surface area (Å²) in [5.41, 5.74) is 6.42. The molecule has 0 saturated heterocycles. The van der Waals surface area contributed by atoms with Crippen molar-refractivity contribution in [3.8, 4) is 0 Å². The van der Waals surface area contributed by atoms with E-state index in [0.29, 0.717) is 13.0 Å². The molecule has 0 saturated carbocycles. The van der Waals surface area contributed by atoms with Crippen LogP contribution in [0.4, 0.5) is 0 Å². The third-order valence-electron chi connectivity index (χ3n) is 5.31. The minimum absolute atomic E-state index is 0.0117. The Hall–Kier alpha value is -3.47. The van der Waals surface area contributed by atoms with Crippen molar-refractivity contribution in [3.05, 3.63) is 101 Å². The molecule has 0 fully saturated rings. The Balaban J connectivity index is 1.65. The summed E-state index contributed by atoms with van der Waals surface area (Å²) in [6.07, 6.45) is 7.74. The molecule has 0 radical (unpaired) electrons. The van der Waals surface area contributed by atoms with Crippen molar-refractivity contribution in [2.45, 2.75) is 32.7 Å². The molecule has 5 nitrogen and oxygen atoms in total. The summed E-state index contributed by atoms with van der Waals surface area (Å²) in [7, 11) is 0. The highest BCUT2D eigenvalue weighted by atomic mass is 16.1. The minimum atomic E-state index is -0.0783. The molecule has 3 heterocycles. The topological polar surface area (TPSA) is 59.3 Å². The summed E-state index contributed by atoms with van der Waals surface area (Å²) in [6, 6.07) is 16.1. The van der Waals surface area contributed by atoms with Crippen LogP contribution in [-0.2, 0) is 11.3 Å². The fraction of sp³-hybridized carbons (Fsp3) is 0.208. The lowest BCUT2D eigenvalue weighted by Crippen LogP contribution is -2.25. The number of hydrogen-bond donors (Lipinski definition) is 1. The van der Waals surface area contributed by atoms with Gasteiger partial charge in [0.2, 0.25) is 5.91 Å². The number of imidazole rings is 1. The molecule has 0 bridgehead atoms. The van der Waals surface area contributed by atoms with E-state index in [1.165, 1.54) is 5.56 Å². The van der Waals surface area contributed by atoms with Crippen LogP contribution in [0.5, 0.6) is 0 Å². The zero-order valence-electron chi connectivity index (χ0n) is 16.7. The van der Waals surface area contributed by atoms with Gasteiger partial charge in [0.05, 0.1) is 5.69 Å². The number of hydrogen-bond acceptors (Lipinski definition) is 3. The summed E-state index contributed by atoms with van der Waals surface area (Å²) in [5, 5.41) is 3.04. The van der Waals surface area contributed by atoms with Crippen LogP contribution < -0.4 is 5.32 Å². The van der Waals surface area contributed by atoms with E-state index in [1.807, 2.05) is 42.7 Å². The van der Waals surface area contributed by atoms with Gasteiger partial charge in [0.1, 0.15) is 5.65 Å². The van der Waals surface area contributed by atoms with E-state index in [0.717, 1.165) is 28.0 Å². The predicted molar refractivity (Wildman–Crippen MR) is 114 cm³/mol. The normalized spacial score (nSPS) is 12.1. The number of aromatic nitrogens is 3. The van der Waals surface area contributed by atoms with Crippen molar-refractivity contribution >= 4 is 11.6 Å². The number of carbonyl (C=O) groups excluding carboxylic acids is 1. The lowest BCUT2D eigenvalue weighted by Gasteiger charge is -2.19. The second-order valence-corrected chi connectivity index (χ2v) is 7.31. The SMILES string of the molecule is Cc1ccccc1C(CC(=O)NCc1ccncc1)c1cnc2c(C)cccn12. The standard InChI is InChI=1S/C24H24N4O/c1-17-6-3-4-8-20(17)21(14-23(29)26-15-19-9-11-25-12-10-19)22-16-27-24-18(2)7-5-13-28(22)24/h3-13,16,21H,14-15H2,1-2H3,(H,26,29). The van der Waals surface area contributed by atoms with Crippen LogP contribution in [0.15, 0.2) is 73.3 Å². The van der Waals surface area contributed by atoms with Crippen molar-refractivity contribution in [1.82, 2.24) is 19.7 Å². The molecule has 0 spiro atoms. The van der Waals surface area contributed by atoms with Gasteiger partial charge < -0.3 is 9.72 Å². The van der Waals surface area contributed by atoms with Crippen LogP contribution in [0.25, 0.3) is 5.65 Å². The molecule has 4 rings (SSSR count). The van der Waals surface area contributed by atoms with Crippen molar-refractivity contribution in [3.63, 3.8) is 0 Å². The molecular weight excluding hydrogens is 360 g/mol. The maximum absolute atomic E-state index is 12.9. The number of amides is 1. The third kappa shape index (κ3) is 4.04. The molecule has 0 aliphatic rings. The Labute approximate surface area is 170 Å². The van der Waals surface area contributed by atoms with Gasteiger partial charge in [-0.1, -0.05) is 30.3 Å². The van der Waals surface area contributed by atoms with Crippen molar-refractivity contribution in [1.29, 1.82) is 0 Å². The molecule has 29 heavy (non-hydrogen) atoms. The highest BCUT2D eigenvalue weighted by molar-refractivity contribution is 5.77. The van der Waals surface area contributed by atoms with Gasteiger partial charge in [-0.2, -0.15) is 0 Å². The number of fused-ring (bicyclic) bond motifs is 1. The number of nitrogens with one attached hydrogen (secondary N) is 1. The van der Waals surface area contributed by atoms with Crippen LogP contribution in [0.1, 0.15) is 40.3 Å². The molecule has 0 aliphatic carbocycles. The van der Waals surface area contributed by atoms with Crippen LogP contribution >= 0.6 is 0 Å². The van der Waals surface area contributed by atoms with Gasteiger partial charge in [-0.3, -0.25) is 9.78 Å². The van der Waals surface area contributed by atoms with Crippen molar-refractivity contribution in [2.75, 3.05) is 0 Å². The van der Waals surface area contributed by atoms with Crippen LogP contribution in [0.3, 0.4) is 0 Å². The van der Waals surface area contributed by atoms with E-state index >= 15 is 0 Å². The first-order chi connectivity index (χ1) is 14.1. The van der Waals surface area contributed by atoms with Gasteiger partial charge in [-0.05, 0) is 54.3 Å². The molecule has 4 aromatic rings. The third-order valence-corrected chi connectivity index (χ3v) is 5.31. The largest absolute Gasteiger partial charge is 0.352 e. The highest BCUT2D eigenvalue weighted by Crippen LogP contribution is 2.31. The summed E-state index contributed by atoms with van der Waals surface area (Å²) >= 11 is 0. The van der Waals surface area contributed by atoms with E-state index in [2.05, 4.69) is 51.7 Å². The Morgan fingerprint density at radius 3 is 2.59 bits per heavy atom. The van der Waals surface area contributed by atoms with Crippen LogP contribution in [-0.4, -0.2) is 20.3 Å². The average molecular weight is 384 g/mol. The maximum Gasteiger partial charge on any atom is 0.221 e. The van der Waals surface area contributed by atoms with E-state index in [-0.39, 0.29) is 11.8 Å². The summed E-state index contributed by atoms with van der Waals surface area (Å²) < 4.78 is 2.10. The molecular formula is C24H24N4O. The second kappa shape index (κ2) is 8.27.